The van der Waals surface area contributed by atoms with E-state index in [0.717, 1.165) is 14.1 Å². The Kier molecular flexibility index (Phi) is 3.20. The van der Waals surface area contributed by atoms with E-state index in [2.05, 4.69) is 0 Å². The molecule has 0 saturated carbocycles. The predicted molar refractivity (Wildman–Crippen MR) is 54.9 cm³/mol. The zero-order valence-corrected chi connectivity index (χ0v) is 9.22. The van der Waals surface area contributed by atoms with Crippen molar-refractivity contribution in [2.45, 2.75) is 6.82 Å². The molecule has 0 nitrogen and oxygen atoms in total. The molecule has 0 unspecified atom stereocenters. The van der Waals surface area contributed by atoms with Crippen molar-refractivity contribution in [1.82, 2.24) is 0 Å². The molecule has 0 aliphatic heterocycles. The highest BCUT2D eigenvalue weighted by molar-refractivity contribution is 6.52. The maximum Gasteiger partial charge on any atom is 0.198 e. The topological polar surface area (TPSA) is 0 Å². The lowest BCUT2D eigenvalue weighted by Crippen LogP contribution is -2.24. The highest BCUT2D eigenvalue weighted by Gasteiger charge is 2.27. The summed E-state index contributed by atoms with van der Waals surface area (Å²) in [6.07, 6.45) is 0. The Bertz CT molecular complexity index is 696. The molecule has 0 fully saturated rings. The minimum absolute atomic E-state index is 0.756. The molecule has 2 aromatic carbocycles. The molecule has 2 radical (unpaired) electrons. The molecule has 0 aromatic heterocycles. The Morgan fingerprint density at radius 3 is 1.32 bits per heavy atom. The molecule has 0 bridgehead atoms. The largest absolute Gasteiger partial charge is 0.293 e. The number of rotatable bonds is 1. The van der Waals surface area contributed by atoms with E-state index in [1.807, 2.05) is 0 Å². The summed E-state index contributed by atoms with van der Waals surface area (Å²) in [5.74, 6) is -14.4. The van der Waals surface area contributed by atoms with Crippen LogP contribution < -0.4 is 5.46 Å². The van der Waals surface area contributed by atoms with Gasteiger partial charge in [-0.25, -0.2) is 43.0 Å². The van der Waals surface area contributed by atoms with Crippen LogP contribution in [0.25, 0.3) is 10.8 Å². The summed E-state index contributed by atoms with van der Waals surface area (Å²) in [5.41, 5.74) is -0.991. The molecule has 19 heavy (non-hydrogen) atoms. The van der Waals surface area contributed by atoms with Gasteiger partial charge in [0.05, 0.1) is 16.6 Å². The van der Waals surface area contributed by atoms with Gasteiger partial charge in [0.1, 0.15) is 5.82 Å². The summed E-state index contributed by atoms with van der Waals surface area (Å²) in [7, 11) is 0.756. The lowest BCUT2D eigenvalue weighted by molar-refractivity contribution is 0.412. The molecule has 0 aliphatic rings. The minimum Gasteiger partial charge on any atom is -0.293 e. The van der Waals surface area contributed by atoms with Gasteiger partial charge in [-0.15, -0.1) is 0 Å². The van der Waals surface area contributed by atoms with Gasteiger partial charge in [-0.2, -0.15) is 0 Å². The first-order chi connectivity index (χ1) is 8.82. The van der Waals surface area contributed by atoms with Crippen LogP contribution in [0.1, 0.15) is 0 Å². The van der Waals surface area contributed by atoms with Crippen LogP contribution in [0.4, 0.5) is 30.7 Å². The molecule has 0 amide bonds. The molecule has 2 rings (SSSR count). The fourth-order valence-electron chi connectivity index (χ4n) is 1.76. The molecule has 0 N–H and O–H groups in total. The molecule has 100 valence electrons. The minimum atomic E-state index is -2.34. The van der Waals surface area contributed by atoms with Gasteiger partial charge in [0.2, 0.25) is 0 Å². The highest BCUT2D eigenvalue weighted by atomic mass is 19.2. The zero-order valence-electron chi connectivity index (χ0n) is 9.22. The van der Waals surface area contributed by atoms with E-state index < -0.39 is 57.0 Å². The molecule has 0 saturated heterocycles. The number of fused-ring (bicyclic) bond motifs is 1. The fraction of sp³-hybridized carbons (Fsp3) is 0.0909. The second-order valence-electron chi connectivity index (χ2n) is 3.65. The quantitative estimate of drug-likeness (QED) is 0.325. The number of benzene rings is 2. The van der Waals surface area contributed by atoms with Crippen LogP contribution in [0.2, 0.25) is 6.82 Å². The highest BCUT2D eigenvalue weighted by Crippen LogP contribution is 2.31. The van der Waals surface area contributed by atoms with Crippen molar-refractivity contribution in [1.29, 1.82) is 0 Å². The summed E-state index contributed by atoms with van der Waals surface area (Å²) in [6.45, 7) is 1.11. The van der Waals surface area contributed by atoms with Crippen LogP contribution >= 0.6 is 0 Å². The number of halogens is 7. The second kappa shape index (κ2) is 4.43. The van der Waals surface area contributed by atoms with Gasteiger partial charge in [0.25, 0.3) is 0 Å². The monoisotopic (exact) mass is 279 g/mol. The first-order valence-corrected chi connectivity index (χ1v) is 4.94. The average molecular weight is 279 g/mol. The van der Waals surface area contributed by atoms with Crippen LogP contribution in [0, 0.1) is 40.7 Å². The van der Waals surface area contributed by atoms with Crippen LogP contribution in [0.3, 0.4) is 0 Å². The lowest BCUT2D eigenvalue weighted by Gasteiger charge is -2.17. The molecule has 0 spiro atoms. The third kappa shape index (κ3) is 1.69. The molecule has 0 aliphatic carbocycles. The molecular formula is C11H3BF7-. The van der Waals surface area contributed by atoms with Gasteiger partial charge in [0, 0.05) is 0 Å². The summed E-state index contributed by atoms with van der Waals surface area (Å²) < 4.78 is 93.3. The zero-order chi connectivity index (χ0) is 14.5. The van der Waals surface area contributed by atoms with Gasteiger partial charge in [-0.05, 0) is 0 Å². The molecule has 0 heterocycles. The van der Waals surface area contributed by atoms with E-state index in [0.29, 0.717) is 0 Å². The van der Waals surface area contributed by atoms with Gasteiger partial charge >= 0.3 is 0 Å². The Morgan fingerprint density at radius 1 is 0.526 bits per heavy atom. The maximum absolute atomic E-state index is 13.7. The average Bonchev–Trinajstić information content (AvgIpc) is 2.38. The summed E-state index contributed by atoms with van der Waals surface area (Å²) >= 11 is 0. The van der Waals surface area contributed by atoms with Crippen molar-refractivity contribution < 1.29 is 30.7 Å². The van der Waals surface area contributed by atoms with Crippen LogP contribution in [-0.2, 0) is 0 Å². The van der Waals surface area contributed by atoms with E-state index in [4.69, 9.17) is 0 Å². The maximum atomic E-state index is 13.7. The normalized spacial score (nSPS) is 11.4. The van der Waals surface area contributed by atoms with Crippen molar-refractivity contribution in [3.8, 4) is 0 Å². The van der Waals surface area contributed by atoms with Crippen molar-refractivity contribution in [3.63, 3.8) is 0 Å². The smallest absolute Gasteiger partial charge is 0.198 e. The van der Waals surface area contributed by atoms with Crippen LogP contribution in [0.15, 0.2) is 0 Å². The Labute approximate surface area is 103 Å². The third-order valence-electron chi connectivity index (χ3n) is 2.66. The van der Waals surface area contributed by atoms with Gasteiger partial charge < -0.3 is 0 Å². The second-order valence-corrected chi connectivity index (χ2v) is 3.65. The summed E-state index contributed by atoms with van der Waals surface area (Å²) in [5, 5.41) is -3.07. The summed E-state index contributed by atoms with van der Waals surface area (Å²) in [4.78, 5) is 0. The lowest BCUT2D eigenvalue weighted by atomic mass is 9.71. The number of hydrogen-bond acceptors (Lipinski definition) is 0. The SMILES string of the molecule is C[B-]c1c(F)c(F)c2c(F)c(F)c(F)c(F)c2c1F. The predicted octanol–water partition coefficient (Wildman–Crippen LogP) is 3.19. The van der Waals surface area contributed by atoms with E-state index in [9.17, 15) is 30.7 Å². The van der Waals surface area contributed by atoms with Crippen molar-refractivity contribution in [2.75, 3.05) is 0 Å². The van der Waals surface area contributed by atoms with E-state index in [-0.39, 0.29) is 0 Å². The van der Waals surface area contributed by atoms with Gasteiger partial charge in [-0.1, -0.05) is 0 Å². The van der Waals surface area contributed by atoms with Crippen molar-refractivity contribution in [3.05, 3.63) is 40.7 Å². The third-order valence-corrected chi connectivity index (χ3v) is 2.66. The van der Waals surface area contributed by atoms with E-state index >= 15 is 0 Å². The molecule has 8 heteroatoms. The first-order valence-electron chi connectivity index (χ1n) is 4.94. The van der Waals surface area contributed by atoms with Crippen molar-refractivity contribution in [2.24, 2.45) is 0 Å². The molecule has 0 atom stereocenters. The Morgan fingerprint density at radius 2 is 0.895 bits per heavy atom. The van der Waals surface area contributed by atoms with Crippen LogP contribution in [-0.4, -0.2) is 7.28 Å². The standard InChI is InChI=1S/C11H3BF7/c1-12-4-5(13)2-3(6(14)9(4)17)8(16)11(19)10(18)7(2)15/h1H3/q-1. The van der Waals surface area contributed by atoms with Gasteiger partial charge in [-0.3, -0.25) is 7.28 Å². The molecule has 2 aromatic rings. The first kappa shape index (κ1) is 13.7. The van der Waals surface area contributed by atoms with E-state index in [1.165, 1.54) is 0 Å². The fourth-order valence-corrected chi connectivity index (χ4v) is 1.76. The Hall–Kier alpha value is -1.73. The van der Waals surface area contributed by atoms with E-state index in [1.54, 1.807) is 0 Å². The van der Waals surface area contributed by atoms with Crippen molar-refractivity contribution >= 4 is 23.5 Å². The number of hydrogen-bond donors (Lipinski definition) is 0. The summed E-state index contributed by atoms with van der Waals surface area (Å²) in [6, 6.07) is 0. The van der Waals surface area contributed by atoms with Crippen LogP contribution in [0.5, 0.6) is 0 Å². The Balaban J connectivity index is 3.18. The van der Waals surface area contributed by atoms with Gasteiger partial charge in [0.15, 0.2) is 29.1 Å². The molecular weight excluding hydrogens is 276 g/mol.